The Kier molecular flexibility index (Phi) is 5.41. The largest absolute Gasteiger partial charge is 0.376 e. The number of nitrogens with one attached hydrogen (secondary N) is 1. The first-order valence-electron chi connectivity index (χ1n) is 10.2. The van der Waals surface area contributed by atoms with E-state index in [9.17, 15) is 9.59 Å². The molecule has 1 aliphatic rings. The van der Waals surface area contributed by atoms with E-state index >= 15 is 0 Å². The molecule has 0 amide bonds. The Labute approximate surface area is 186 Å². The smallest absolute Gasteiger partial charge is 0.262 e. The van der Waals surface area contributed by atoms with Crippen LogP contribution in [0, 0.1) is 13.8 Å². The van der Waals surface area contributed by atoms with Crippen LogP contribution < -0.4 is 11.1 Å². The van der Waals surface area contributed by atoms with Crippen molar-refractivity contribution in [3.8, 4) is 0 Å². The molecule has 4 heterocycles. The molecule has 9 heteroatoms. The van der Waals surface area contributed by atoms with Crippen molar-refractivity contribution in [3.05, 3.63) is 61.2 Å². The maximum Gasteiger partial charge on any atom is 0.262 e. The molecule has 0 aliphatic carbocycles. The van der Waals surface area contributed by atoms with Crippen molar-refractivity contribution in [1.82, 2.24) is 19.5 Å². The molecule has 4 aromatic rings. The zero-order chi connectivity index (χ0) is 21.5. The molecule has 1 fully saturated rings. The third-order valence-corrected chi connectivity index (χ3v) is 7.75. The van der Waals surface area contributed by atoms with E-state index in [2.05, 4.69) is 9.97 Å². The summed E-state index contributed by atoms with van der Waals surface area (Å²) in [5.74, 6) is 0.993. The Morgan fingerprint density at radius 2 is 2.10 bits per heavy atom. The van der Waals surface area contributed by atoms with Crippen molar-refractivity contribution in [2.75, 3.05) is 6.61 Å². The number of fused-ring (bicyclic) bond motifs is 2. The van der Waals surface area contributed by atoms with E-state index in [-0.39, 0.29) is 17.2 Å². The topological polar surface area (TPSA) is 89.9 Å². The number of aromatic nitrogens is 4. The van der Waals surface area contributed by atoms with Crippen molar-refractivity contribution >= 4 is 44.2 Å². The highest BCUT2D eigenvalue weighted by Crippen LogP contribution is 2.27. The molecule has 0 radical (unpaired) electrons. The summed E-state index contributed by atoms with van der Waals surface area (Å²) in [6, 6.07) is 7.38. The number of thioether (sulfide) groups is 1. The van der Waals surface area contributed by atoms with E-state index in [1.807, 2.05) is 32.0 Å². The average molecular weight is 455 g/mol. The van der Waals surface area contributed by atoms with Crippen molar-refractivity contribution in [2.45, 2.75) is 50.2 Å². The summed E-state index contributed by atoms with van der Waals surface area (Å²) in [5.41, 5.74) is 1.46. The van der Waals surface area contributed by atoms with E-state index in [0.29, 0.717) is 39.6 Å². The second kappa shape index (κ2) is 8.22. The highest BCUT2D eigenvalue weighted by atomic mass is 32.2. The maximum absolute atomic E-state index is 13.2. The van der Waals surface area contributed by atoms with Crippen molar-refractivity contribution < 1.29 is 4.74 Å². The standard InChI is InChI=1S/C22H22N4O3S2/c1-12-13(2)31-20-18(12)19(27)24-17(25-20)11-30-22-23-16-8-4-3-7-15(16)21(28)26(22)10-14-6-5-9-29-14/h3-4,7-8,14H,5-6,9-11H2,1-2H3,(H,24,25,27). The first-order valence-corrected chi connectivity index (χ1v) is 12.0. The maximum atomic E-state index is 13.2. The highest BCUT2D eigenvalue weighted by Gasteiger charge is 2.20. The van der Waals surface area contributed by atoms with Crippen molar-refractivity contribution in [1.29, 1.82) is 0 Å². The summed E-state index contributed by atoms with van der Waals surface area (Å²) in [6.45, 7) is 5.15. The van der Waals surface area contributed by atoms with Crippen LogP contribution in [0.5, 0.6) is 0 Å². The lowest BCUT2D eigenvalue weighted by molar-refractivity contribution is 0.0937. The Morgan fingerprint density at radius 3 is 2.90 bits per heavy atom. The molecule has 1 atom stereocenters. The lowest BCUT2D eigenvalue weighted by Gasteiger charge is -2.16. The monoisotopic (exact) mass is 454 g/mol. The van der Waals surface area contributed by atoms with Gasteiger partial charge in [0.25, 0.3) is 11.1 Å². The summed E-state index contributed by atoms with van der Waals surface area (Å²) in [7, 11) is 0. The second-order valence-electron chi connectivity index (χ2n) is 7.73. The summed E-state index contributed by atoms with van der Waals surface area (Å²) >= 11 is 2.94. The predicted octanol–water partition coefficient (Wildman–Crippen LogP) is 3.78. The molecule has 1 aromatic carbocycles. The SMILES string of the molecule is Cc1sc2nc(CSc3nc4ccccc4c(=O)n3CC3CCCO3)[nH]c(=O)c2c1C. The fraction of sp³-hybridized carbons (Fsp3) is 0.364. The number of nitrogens with zero attached hydrogens (tertiary/aromatic N) is 3. The van der Waals surface area contributed by atoms with Crippen LogP contribution in [0.3, 0.4) is 0 Å². The number of rotatable bonds is 5. The normalized spacial score (nSPS) is 16.5. The number of hydrogen-bond acceptors (Lipinski definition) is 7. The molecule has 1 saturated heterocycles. The molecule has 0 saturated carbocycles. The predicted molar refractivity (Wildman–Crippen MR) is 124 cm³/mol. The van der Waals surface area contributed by atoms with Gasteiger partial charge in [0.2, 0.25) is 0 Å². The number of aryl methyl sites for hydroxylation is 2. The summed E-state index contributed by atoms with van der Waals surface area (Å²) in [5, 5.41) is 1.87. The molecule has 0 spiro atoms. The van der Waals surface area contributed by atoms with Gasteiger partial charge in [0.15, 0.2) is 5.16 Å². The molecule has 3 aromatic heterocycles. The van der Waals surface area contributed by atoms with Gasteiger partial charge in [-0.15, -0.1) is 11.3 Å². The fourth-order valence-corrected chi connectivity index (χ4v) is 5.84. The molecule has 1 aliphatic heterocycles. The first kappa shape index (κ1) is 20.4. The van der Waals surface area contributed by atoms with E-state index in [1.54, 1.807) is 10.6 Å². The van der Waals surface area contributed by atoms with E-state index < -0.39 is 0 Å². The summed E-state index contributed by atoms with van der Waals surface area (Å²) < 4.78 is 7.47. The van der Waals surface area contributed by atoms with Crippen LogP contribution in [0.2, 0.25) is 0 Å². The number of H-pyrrole nitrogens is 1. The van der Waals surface area contributed by atoms with E-state index in [0.717, 1.165) is 34.7 Å². The minimum absolute atomic E-state index is 0.0198. The van der Waals surface area contributed by atoms with Crippen LogP contribution in [0.1, 0.15) is 29.1 Å². The fourth-order valence-electron chi connectivity index (χ4n) is 3.91. The average Bonchev–Trinajstić information content (AvgIpc) is 3.37. The van der Waals surface area contributed by atoms with Gasteiger partial charge in [-0.25, -0.2) is 9.97 Å². The van der Waals surface area contributed by atoms with Gasteiger partial charge in [-0.1, -0.05) is 23.9 Å². The van der Waals surface area contributed by atoms with Gasteiger partial charge >= 0.3 is 0 Å². The highest BCUT2D eigenvalue weighted by molar-refractivity contribution is 7.98. The minimum Gasteiger partial charge on any atom is -0.376 e. The Bertz CT molecular complexity index is 1400. The van der Waals surface area contributed by atoms with Crippen molar-refractivity contribution in [2.24, 2.45) is 0 Å². The molecule has 0 bridgehead atoms. The third kappa shape index (κ3) is 3.81. The van der Waals surface area contributed by atoms with Crippen LogP contribution in [0.4, 0.5) is 0 Å². The lowest BCUT2D eigenvalue weighted by Crippen LogP contribution is -2.28. The second-order valence-corrected chi connectivity index (χ2v) is 9.87. The van der Waals surface area contributed by atoms with Gasteiger partial charge in [0, 0.05) is 11.5 Å². The zero-order valence-electron chi connectivity index (χ0n) is 17.3. The van der Waals surface area contributed by atoms with Gasteiger partial charge in [-0.05, 0) is 44.4 Å². The van der Waals surface area contributed by atoms with E-state index in [1.165, 1.54) is 23.1 Å². The Morgan fingerprint density at radius 1 is 1.26 bits per heavy atom. The number of benzene rings is 1. The summed E-state index contributed by atoms with van der Waals surface area (Å²) in [4.78, 5) is 39.9. The van der Waals surface area contributed by atoms with Gasteiger partial charge < -0.3 is 9.72 Å². The summed E-state index contributed by atoms with van der Waals surface area (Å²) in [6.07, 6.45) is 1.96. The van der Waals surface area contributed by atoms with Crippen LogP contribution in [-0.4, -0.2) is 32.2 Å². The van der Waals surface area contributed by atoms with Crippen molar-refractivity contribution in [3.63, 3.8) is 0 Å². The Hall–Kier alpha value is -2.49. The molecular weight excluding hydrogens is 432 g/mol. The quantitative estimate of drug-likeness (QED) is 0.365. The van der Waals surface area contributed by atoms with Crippen LogP contribution in [0.25, 0.3) is 21.1 Å². The minimum atomic E-state index is -0.120. The number of ether oxygens (including phenoxy) is 1. The molecule has 1 unspecified atom stereocenters. The van der Waals surface area contributed by atoms with Gasteiger partial charge in [0.1, 0.15) is 10.7 Å². The zero-order valence-corrected chi connectivity index (χ0v) is 18.9. The number of para-hydroxylation sites is 1. The first-order chi connectivity index (χ1) is 15.0. The van der Waals surface area contributed by atoms with Gasteiger partial charge in [-0.2, -0.15) is 0 Å². The Balaban J connectivity index is 1.51. The lowest BCUT2D eigenvalue weighted by atomic mass is 10.2. The molecule has 7 nitrogen and oxygen atoms in total. The number of thiophene rings is 1. The molecule has 160 valence electrons. The van der Waals surface area contributed by atoms with Crippen LogP contribution >= 0.6 is 23.1 Å². The van der Waals surface area contributed by atoms with Crippen LogP contribution in [0.15, 0.2) is 39.0 Å². The third-order valence-electron chi connectivity index (χ3n) is 5.66. The molecule has 5 rings (SSSR count). The van der Waals surface area contributed by atoms with E-state index in [4.69, 9.17) is 9.72 Å². The number of aromatic amines is 1. The molecular formula is C22H22N4O3S2. The van der Waals surface area contributed by atoms with Gasteiger partial charge in [0.05, 0.1) is 34.7 Å². The van der Waals surface area contributed by atoms with Crippen LogP contribution in [-0.2, 0) is 17.0 Å². The molecule has 1 N–H and O–H groups in total. The molecule has 31 heavy (non-hydrogen) atoms. The van der Waals surface area contributed by atoms with Gasteiger partial charge in [-0.3, -0.25) is 14.2 Å². The number of hydrogen-bond donors (Lipinski definition) is 1.